The fourth-order valence-electron chi connectivity index (χ4n) is 5.38. The molecule has 1 aliphatic carbocycles. The number of likely N-dealkylation sites (tertiary alicyclic amines) is 1. The number of hydrogen-bond acceptors (Lipinski definition) is 7. The van der Waals surface area contributed by atoms with Crippen LogP contribution < -0.4 is 0 Å². The number of allylic oxidation sites excluding steroid dienone is 1. The number of ether oxygens (including phenoxy) is 3. The Kier molecular flexibility index (Phi) is 6.86. The molecule has 4 rings (SSSR count). The zero-order chi connectivity index (χ0) is 24.6. The van der Waals surface area contributed by atoms with E-state index >= 15 is 0 Å². The average molecular weight is 473 g/mol. The molecule has 0 spiro atoms. The molecule has 2 saturated heterocycles. The lowest BCUT2D eigenvalue weighted by Crippen LogP contribution is -2.38. The second kappa shape index (κ2) is 9.68. The molecule has 0 aromatic heterocycles. The molecule has 3 amide bonds. The van der Waals surface area contributed by atoms with Crippen molar-refractivity contribution in [2.45, 2.75) is 32.3 Å². The molecule has 3 aliphatic rings. The van der Waals surface area contributed by atoms with Crippen LogP contribution in [0, 0.1) is 23.6 Å². The molecule has 0 unspecified atom stereocenters. The number of phenolic OH excluding ortho intramolecular Hbond substituents is 1. The highest BCUT2D eigenvalue weighted by atomic mass is 19.1. The van der Waals surface area contributed by atoms with Crippen molar-refractivity contribution >= 4 is 24.0 Å². The van der Waals surface area contributed by atoms with Crippen molar-refractivity contribution in [3.05, 3.63) is 46.3 Å². The Bertz CT molecular complexity index is 1080. The normalized spacial score (nSPS) is 26.7. The lowest BCUT2D eigenvalue weighted by molar-refractivity contribution is -0.137. The van der Waals surface area contributed by atoms with Crippen LogP contribution in [0.2, 0.25) is 0 Å². The molecule has 2 heterocycles. The molecule has 1 aromatic carbocycles. The van der Waals surface area contributed by atoms with E-state index in [4.69, 9.17) is 9.47 Å². The van der Waals surface area contributed by atoms with Gasteiger partial charge in [-0.1, -0.05) is 17.7 Å². The summed E-state index contributed by atoms with van der Waals surface area (Å²) in [5.41, 5.74) is 3.57. The molecule has 0 bridgehead atoms. The molecule has 34 heavy (non-hydrogen) atoms. The van der Waals surface area contributed by atoms with Crippen molar-refractivity contribution in [2.75, 3.05) is 27.4 Å². The number of rotatable bonds is 6. The molecule has 2 fully saturated rings. The van der Waals surface area contributed by atoms with Gasteiger partial charge in [-0.3, -0.25) is 9.59 Å². The van der Waals surface area contributed by atoms with E-state index in [0.29, 0.717) is 36.3 Å². The van der Waals surface area contributed by atoms with Crippen LogP contribution in [0.3, 0.4) is 0 Å². The highest BCUT2D eigenvalue weighted by molar-refractivity contribution is 6.16. The predicted octanol–water partition coefficient (Wildman–Crippen LogP) is 3.44. The largest absolute Gasteiger partial charge is 0.505 e. The molecule has 0 saturated carbocycles. The summed E-state index contributed by atoms with van der Waals surface area (Å²) in [6.07, 6.45) is 2.29. The molecule has 1 aromatic rings. The Hall–Kier alpha value is -3.04. The SMILES string of the molecule is COCC1=C2[C@@H](CC/C(C)=C/c3ccc(O)c(F)c3)OC[C@@H]2[C@@H]2C(=O)N(C(=O)OC)C(=O)[C@@H]2C1. The number of carbonyl (C=O) groups is 3. The smallest absolute Gasteiger partial charge is 0.423 e. The zero-order valence-corrected chi connectivity index (χ0v) is 19.4. The molecule has 1 N–H and O–H groups in total. The number of fused-ring (bicyclic) bond motifs is 3. The fraction of sp³-hybridized carbons (Fsp3) is 0.480. The number of phenols is 1. The van der Waals surface area contributed by atoms with Crippen LogP contribution in [0.15, 0.2) is 34.9 Å². The summed E-state index contributed by atoms with van der Waals surface area (Å²) >= 11 is 0. The van der Waals surface area contributed by atoms with Crippen molar-refractivity contribution in [3.63, 3.8) is 0 Å². The maximum Gasteiger partial charge on any atom is 0.423 e. The second-order valence-electron chi connectivity index (χ2n) is 8.98. The summed E-state index contributed by atoms with van der Waals surface area (Å²) in [4.78, 5) is 38.6. The Morgan fingerprint density at radius 2 is 2.03 bits per heavy atom. The van der Waals surface area contributed by atoms with Gasteiger partial charge in [0.15, 0.2) is 11.6 Å². The summed E-state index contributed by atoms with van der Waals surface area (Å²) in [6, 6.07) is 4.23. The summed E-state index contributed by atoms with van der Waals surface area (Å²) in [5.74, 6) is -3.70. The van der Waals surface area contributed by atoms with E-state index in [2.05, 4.69) is 4.74 Å². The van der Waals surface area contributed by atoms with Gasteiger partial charge in [0.2, 0.25) is 11.8 Å². The van der Waals surface area contributed by atoms with E-state index in [1.54, 1.807) is 13.2 Å². The third-order valence-electron chi connectivity index (χ3n) is 6.87. The zero-order valence-electron chi connectivity index (χ0n) is 19.4. The van der Waals surface area contributed by atoms with Crippen LogP contribution in [0.4, 0.5) is 9.18 Å². The summed E-state index contributed by atoms with van der Waals surface area (Å²) < 4.78 is 29.8. The first-order valence-electron chi connectivity index (χ1n) is 11.2. The number of methoxy groups -OCH3 is 2. The standard InChI is InChI=1S/C25H28FNO7/c1-13(8-14-5-6-19(28)18(26)9-14)4-7-20-21-15(11-32-2)10-16-22(17(21)12-34-20)24(30)27(23(16)29)25(31)33-3/h5-6,8-9,16-17,20,22,28H,4,7,10-12H2,1-3H3/b13-8+/t16-,17+,20-,22-/m1/s1. The molecule has 9 heteroatoms. The highest BCUT2D eigenvalue weighted by Gasteiger charge is 2.58. The van der Waals surface area contributed by atoms with Gasteiger partial charge in [-0.05, 0) is 55.0 Å². The van der Waals surface area contributed by atoms with Crippen LogP contribution in [0.25, 0.3) is 6.08 Å². The predicted molar refractivity (Wildman–Crippen MR) is 119 cm³/mol. The average Bonchev–Trinajstić information content (AvgIpc) is 3.33. The van der Waals surface area contributed by atoms with Crippen LogP contribution in [-0.4, -0.2) is 61.5 Å². The minimum atomic E-state index is -0.957. The van der Waals surface area contributed by atoms with E-state index in [-0.39, 0.29) is 24.4 Å². The van der Waals surface area contributed by atoms with Crippen molar-refractivity contribution < 1.29 is 38.1 Å². The lowest BCUT2D eigenvalue weighted by atomic mass is 9.69. The van der Waals surface area contributed by atoms with Gasteiger partial charge in [-0.2, -0.15) is 4.90 Å². The topological polar surface area (TPSA) is 102 Å². The van der Waals surface area contributed by atoms with Crippen LogP contribution in [0.1, 0.15) is 31.7 Å². The summed E-state index contributed by atoms with van der Waals surface area (Å²) in [7, 11) is 2.72. The van der Waals surface area contributed by atoms with Crippen molar-refractivity contribution in [2.24, 2.45) is 17.8 Å². The molecular weight excluding hydrogens is 445 g/mol. The summed E-state index contributed by atoms with van der Waals surface area (Å²) in [5, 5.41) is 9.36. The lowest BCUT2D eigenvalue weighted by Gasteiger charge is -2.31. The van der Waals surface area contributed by atoms with Crippen LogP contribution in [-0.2, 0) is 23.8 Å². The fourth-order valence-corrected chi connectivity index (χ4v) is 5.38. The van der Waals surface area contributed by atoms with Crippen molar-refractivity contribution in [1.82, 2.24) is 4.90 Å². The van der Waals surface area contributed by atoms with E-state index < -0.39 is 35.6 Å². The molecule has 182 valence electrons. The molecule has 8 nitrogen and oxygen atoms in total. The third-order valence-corrected chi connectivity index (χ3v) is 6.87. The Morgan fingerprint density at radius 3 is 2.71 bits per heavy atom. The van der Waals surface area contributed by atoms with E-state index in [1.165, 1.54) is 12.1 Å². The summed E-state index contributed by atoms with van der Waals surface area (Å²) in [6.45, 7) is 2.54. The maximum atomic E-state index is 13.6. The van der Waals surface area contributed by atoms with Gasteiger partial charge in [0.25, 0.3) is 0 Å². The molecule has 4 atom stereocenters. The van der Waals surface area contributed by atoms with Gasteiger partial charge in [0.1, 0.15) is 0 Å². The molecular formula is C25H28FNO7. The third kappa shape index (κ3) is 4.25. The first-order valence-corrected chi connectivity index (χ1v) is 11.2. The van der Waals surface area contributed by atoms with E-state index in [9.17, 15) is 23.9 Å². The second-order valence-corrected chi connectivity index (χ2v) is 8.98. The number of aromatic hydroxyl groups is 1. The highest BCUT2D eigenvalue weighted by Crippen LogP contribution is 2.50. The monoisotopic (exact) mass is 473 g/mol. The number of amides is 3. The Labute approximate surface area is 197 Å². The van der Waals surface area contributed by atoms with Crippen LogP contribution >= 0.6 is 0 Å². The van der Waals surface area contributed by atoms with Gasteiger partial charge in [-0.15, -0.1) is 0 Å². The minimum Gasteiger partial charge on any atom is -0.505 e. The number of hydrogen-bond donors (Lipinski definition) is 1. The van der Waals surface area contributed by atoms with Gasteiger partial charge < -0.3 is 19.3 Å². The van der Waals surface area contributed by atoms with Crippen molar-refractivity contribution in [1.29, 1.82) is 0 Å². The number of halogens is 1. The maximum absolute atomic E-state index is 13.6. The van der Waals surface area contributed by atoms with Gasteiger partial charge in [-0.25, -0.2) is 9.18 Å². The number of benzene rings is 1. The Morgan fingerprint density at radius 1 is 1.26 bits per heavy atom. The number of nitrogens with zero attached hydrogens (tertiary/aromatic N) is 1. The first kappa shape index (κ1) is 24.1. The van der Waals surface area contributed by atoms with Crippen LogP contribution in [0.5, 0.6) is 5.75 Å². The first-order chi connectivity index (χ1) is 16.3. The number of imide groups is 3. The van der Waals surface area contributed by atoms with Gasteiger partial charge in [0, 0.05) is 13.0 Å². The minimum absolute atomic E-state index is 0.244. The molecule has 2 aliphatic heterocycles. The van der Waals surface area contributed by atoms with Gasteiger partial charge in [0.05, 0.1) is 38.3 Å². The Balaban J connectivity index is 1.54. The van der Waals surface area contributed by atoms with Gasteiger partial charge >= 0.3 is 6.09 Å². The van der Waals surface area contributed by atoms with E-state index in [0.717, 1.165) is 23.8 Å². The quantitative estimate of drug-likeness (QED) is 0.499. The van der Waals surface area contributed by atoms with E-state index in [1.807, 2.05) is 13.0 Å². The van der Waals surface area contributed by atoms with Crippen molar-refractivity contribution in [3.8, 4) is 5.75 Å². The number of carbonyl (C=O) groups excluding carboxylic acids is 3. The molecule has 0 radical (unpaired) electrons.